The highest BCUT2D eigenvalue weighted by atomic mass is 28.4. The third kappa shape index (κ3) is 3.68. The fourth-order valence-electron chi connectivity index (χ4n) is 1.74. The molecule has 2 aromatic rings. The van der Waals surface area contributed by atoms with E-state index in [4.69, 9.17) is 20.3 Å². The van der Waals surface area contributed by atoms with E-state index in [-0.39, 0.29) is 0 Å². The molecule has 0 fully saturated rings. The van der Waals surface area contributed by atoms with Gasteiger partial charge in [-0.1, -0.05) is 6.92 Å². The standard InChI is InChI=1S/C15H20N2O2Si/c1-3-20(2,18-14-8-4-12(16)5-9-14)19-15-10-6-13(17)7-11-15/h4-11H,3,16-17H2,1-2H3. The van der Waals surface area contributed by atoms with Gasteiger partial charge in [-0.3, -0.25) is 0 Å². The van der Waals surface area contributed by atoms with Crippen molar-refractivity contribution in [3.63, 3.8) is 0 Å². The highest BCUT2D eigenvalue weighted by Crippen LogP contribution is 2.24. The first-order valence-corrected chi connectivity index (χ1v) is 9.12. The van der Waals surface area contributed by atoms with Crippen LogP contribution in [-0.2, 0) is 0 Å². The molecule has 2 aromatic carbocycles. The van der Waals surface area contributed by atoms with Crippen LogP contribution in [0.3, 0.4) is 0 Å². The second-order valence-corrected chi connectivity index (χ2v) is 8.21. The zero-order chi connectivity index (χ0) is 14.6. The molecular weight excluding hydrogens is 268 g/mol. The van der Waals surface area contributed by atoms with Crippen LogP contribution in [0.5, 0.6) is 11.5 Å². The van der Waals surface area contributed by atoms with E-state index in [9.17, 15) is 0 Å². The van der Waals surface area contributed by atoms with Crippen molar-refractivity contribution in [2.75, 3.05) is 11.5 Å². The molecule has 0 unspecified atom stereocenters. The Morgan fingerprint density at radius 1 is 0.800 bits per heavy atom. The van der Waals surface area contributed by atoms with Gasteiger partial charge in [0.25, 0.3) is 0 Å². The second kappa shape index (κ2) is 5.88. The Kier molecular flexibility index (Phi) is 4.19. The van der Waals surface area contributed by atoms with Crippen LogP contribution in [0, 0.1) is 0 Å². The molecule has 0 atom stereocenters. The largest absolute Gasteiger partial charge is 0.512 e. The van der Waals surface area contributed by atoms with Gasteiger partial charge in [-0.2, -0.15) is 0 Å². The number of hydrogen-bond acceptors (Lipinski definition) is 4. The molecule has 0 aliphatic carbocycles. The first-order chi connectivity index (χ1) is 9.50. The smallest absolute Gasteiger partial charge is 0.456 e. The third-order valence-electron chi connectivity index (χ3n) is 3.07. The summed E-state index contributed by atoms with van der Waals surface area (Å²) >= 11 is 0. The fraction of sp³-hybridized carbons (Fsp3) is 0.200. The topological polar surface area (TPSA) is 70.5 Å². The van der Waals surface area contributed by atoms with Gasteiger partial charge in [0.2, 0.25) is 0 Å². The molecule has 0 aliphatic heterocycles. The minimum absolute atomic E-state index is 0.719. The van der Waals surface area contributed by atoms with Crippen LogP contribution in [0.4, 0.5) is 11.4 Å². The number of rotatable bonds is 5. The molecule has 0 aromatic heterocycles. The molecule has 0 radical (unpaired) electrons. The SMILES string of the molecule is CC[Si](C)(Oc1ccc(N)cc1)Oc1ccc(N)cc1. The van der Waals surface area contributed by atoms with Crippen molar-refractivity contribution in [3.8, 4) is 11.5 Å². The molecule has 0 spiro atoms. The molecule has 20 heavy (non-hydrogen) atoms. The van der Waals surface area contributed by atoms with E-state index in [1.807, 2.05) is 55.1 Å². The van der Waals surface area contributed by atoms with Crippen molar-refractivity contribution in [3.05, 3.63) is 48.5 Å². The summed E-state index contributed by atoms with van der Waals surface area (Å²) in [6.45, 7) is 4.11. The summed E-state index contributed by atoms with van der Waals surface area (Å²) in [7, 11) is -2.32. The normalized spacial score (nSPS) is 11.1. The van der Waals surface area contributed by atoms with Crippen molar-refractivity contribution in [2.45, 2.75) is 19.5 Å². The minimum Gasteiger partial charge on any atom is -0.512 e. The molecular formula is C15H20N2O2Si. The molecule has 0 amide bonds. The zero-order valence-corrected chi connectivity index (χ0v) is 12.8. The van der Waals surface area contributed by atoms with Crippen molar-refractivity contribution < 1.29 is 8.85 Å². The lowest BCUT2D eigenvalue weighted by molar-refractivity contribution is 0.391. The van der Waals surface area contributed by atoms with Gasteiger partial charge in [0, 0.05) is 24.0 Å². The highest BCUT2D eigenvalue weighted by Gasteiger charge is 2.33. The van der Waals surface area contributed by atoms with Crippen molar-refractivity contribution >= 4 is 19.9 Å². The summed E-state index contributed by atoms with van der Waals surface area (Å²) < 4.78 is 12.1. The lowest BCUT2D eigenvalue weighted by Gasteiger charge is -2.27. The van der Waals surface area contributed by atoms with Gasteiger partial charge >= 0.3 is 8.56 Å². The van der Waals surface area contributed by atoms with Gasteiger partial charge in [0.1, 0.15) is 11.5 Å². The van der Waals surface area contributed by atoms with Gasteiger partial charge < -0.3 is 20.3 Å². The van der Waals surface area contributed by atoms with Crippen LogP contribution < -0.4 is 20.3 Å². The van der Waals surface area contributed by atoms with Crippen LogP contribution in [-0.4, -0.2) is 8.56 Å². The molecule has 0 aliphatic rings. The number of anilines is 2. The van der Waals surface area contributed by atoms with E-state index >= 15 is 0 Å². The third-order valence-corrected chi connectivity index (χ3v) is 5.69. The van der Waals surface area contributed by atoms with E-state index in [1.54, 1.807) is 0 Å². The molecule has 4 N–H and O–H groups in total. The van der Waals surface area contributed by atoms with Crippen LogP contribution in [0.15, 0.2) is 48.5 Å². The number of nitrogens with two attached hydrogens (primary N) is 2. The Morgan fingerprint density at radius 2 is 1.15 bits per heavy atom. The quantitative estimate of drug-likeness (QED) is 0.653. The lowest BCUT2D eigenvalue weighted by Crippen LogP contribution is -2.44. The first kappa shape index (κ1) is 14.3. The molecule has 0 heterocycles. The molecule has 0 saturated carbocycles. The van der Waals surface area contributed by atoms with Gasteiger partial charge in [-0.25, -0.2) is 0 Å². The average molecular weight is 288 g/mol. The van der Waals surface area contributed by atoms with Gasteiger partial charge in [-0.05, 0) is 48.5 Å². The summed E-state index contributed by atoms with van der Waals surface area (Å²) in [5.41, 5.74) is 12.8. The van der Waals surface area contributed by atoms with E-state index < -0.39 is 8.56 Å². The Hall–Kier alpha value is -2.14. The maximum atomic E-state index is 6.07. The molecule has 0 saturated heterocycles. The highest BCUT2D eigenvalue weighted by molar-refractivity contribution is 6.67. The lowest BCUT2D eigenvalue weighted by atomic mass is 10.3. The van der Waals surface area contributed by atoms with Gasteiger partial charge in [0.15, 0.2) is 0 Å². The molecule has 106 valence electrons. The molecule has 4 nitrogen and oxygen atoms in total. The Balaban J connectivity index is 2.12. The Bertz CT molecular complexity index is 508. The summed E-state index contributed by atoms with van der Waals surface area (Å²) in [6.07, 6.45) is 0. The monoisotopic (exact) mass is 288 g/mol. The molecule has 5 heteroatoms. The van der Waals surface area contributed by atoms with E-state index in [2.05, 4.69) is 6.92 Å². The summed E-state index contributed by atoms with van der Waals surface area (Å²) in [5, 5.41) is 0. The fourth-order valence-corrected chi connectivity index (χ4v) is 3.34. The summed E-state index contributed by atoms with van der Waals surface area (Å²) in [5.74, 6) is 1.57. The van der Waals surface area contributed by atoms with Crippen molar-refractivity contribution in [2.24, 2.45) is 0 Å². The average Bonchev–Trinajstić information content (AvgIpc) is 2.44. The summed E-state index contributed by atoms with van der Waals surface area (Å²) in [6, 6.07) is 15.6. The molecule has 0 bridgehead atoms. The van der Waals surface area contributed by atoms with E-state index in [0.29, 0.717) is 0 Å². The Labute approximate surface area is 120 Å². The van der Waals surface area contributed by atoms with Gasteiger partial charge in [0.05, 0.1) is 0 Å². The van der Waals surface area contributed by atoms with Crippen LogP contribution in [0.1, 0.15) is 6.92 Å². The minimum atomic E-state index is -2.32. The first-order valence-electron chi connectivity index (χ1n) is 6.60. The number of nitrogen functional groups attached to an aromatic ring is 2. The van der Waals surface area contributed by atoms with Crippen LogP contribution in [0.2, 0.25) is 12.6 Å². The summed E-state index contributed by atoms with van der Waals surface area (Å²) in [4.78, 5) is 0. The van der Waals surface area contributed by atoms with Crippen LogP contribution >= 0.6 is 0 Å². The number of hydrogen-bond donors (Lipinski definition) is 2. The van der Waals surface area contributed by atoms with Crippen molar-refractivity contribution in [1.82, 2.24) is 0 Å². The predicted octanol–water partition coefficient (Wildman–Crippen LogP) is 3.40. The van der Waals surface area contributed by atoms with E-state index in [1.165, 1.54) is 0 Å². The van der Waals surface area contributed by atoms with E-state index in [0.717, 1.165) is 28.9 Å². The van der Waals surface area contributed by atoms with Crippen molar-refractivity contribution in [1.29, 1.82) is 0 Å². The van der Waals surface area contributed by atoms with Crippen LogP contribution in [0.25, 0.3) is 0 Å². The maximum Gasteiger partial charge on any atom is 0.456 e. The maximum absolute atomic E-state index is 6.07. The number of benzene rings is 2. The predicted molar refractivity (Wildman–Crippen MR) is 85.1 cm³/mol. The van der Waals surface area contributed by atoms with Gasteiger partial charge in [-0.15, -0.1) is 0 Å². The zero-order valence-electron chi connectivity index (χ0n) is 11.8. The second-order valence-electron chi connectivity index (χ2n) is 4.83. The Morgan fingerprint density at radius 3 is 1.45 bits per heavy atom. The molecule has 2 rings (SSSR count).